The van der Waals surface area contributed by atoms with Gasteiger partial charge >= 0.3 is 12.1 Å². The lowest BCUT2D eigenvalue weighted by atomic mass is 10.0. The first kappa shape index (κ1) is 24.2. The van der Waals surface area contributed by atoms with Gasteiger partial charge in [-0.2, -0.15) is 13.2 Å². The van der Waals surface area contributed by atoms with Crippen molar-refractivity contribution < 1.29 is 36.2 Å². The summed E-state index contributed by atoms with van der Waals surface area (Å²) in [5.41, 5.74) is 0.0148. The number of ether oxygens (including phenoxy) is 1. The summed E-state index contributed by atoms with van der Waals surface area (Å²) in [5, 5.41) is 8.17. The van der Waals surface area contributed by atoms with E-state index in [1.54, 1.807) is 32.9 Å². The zero-order valence-corrected chi connectivity index (χ0v) is 18.6. The number of carbonyl (C=O) groups is 1. The van der Waals surface area contributed by atoms with Crippen LogP contribution in [-0.2, 0) is 25.5 Å². The third kappa shape index (κ3) is 4.96. The number of aliphatic carboxylic acids is 1. The number of aryl methyl sites for hydroxylation is 1. The molecular weight excluding hydrogens is 447 g/mol. The summed E-state index contributed by atoms with van der Waals surface area (Å²) < 4.78 is 73.7. The molecule has 1 aliphatic rings. The number of halogens is 3. The number of sulfone groups is 1. The largest absolute Gasteiger partial charge is 0.481 e. The monoisotopic (exact) mass is 471 g/mol. The van der Waals surface area contributed by atoms with Crippen molar-refractivity contribution >= 4 is 15.8 Å². The van der Waals surface area contributed by atoms with Gasteiger partial charge in [-0.25, -0.2) is 8.42 Å². The molecular formula is C22H24F3NO5S. The Morgan fingerprint density at radius 3 is 2.38 bits per heavy atom. The van der Waals surface area contributed by atoms with Crippen molar-refractivity contribution in [3.8, 4) is 11.1 Å². The Bertz CT molecular complexity index is 1110. The molecule has 1 aromatic carbocycles. The first-order valence-electron chi connectivity index (χ1n) is 10.1. The summed E-state index contributed by atoms with van der Waals surface area (Å²) in [6, 6.07) is 6.23. The number of alkyl halides is 3. The molecule has 0 amide bonds. The zero-order chi connectivity index (χ0) is 23.8. The van der Waals surface area contributed by atoms with Gasteiger partial charge in [0.25, 0.3) is 0 Å². The van der Waals surface area contributed by atoms with E-state index in [-0.39, 0.29) is 24.5 Å². The predicted octanol–water partition coefficient (Wildman–Crippen LogP) is 4.51. The van der Waals surface area contributed by atoms with E-state index in [1.807, 2.05) is 0 Å². The molecule has 3 rings (SSSR count). The number of carboxylic acids is 1. The second-order valence-corrected chi connectivity index (χ2v) is 10.4. The maximum atomic E-state index is 13.9. The van der Waals surface area contributed by atoms with E-state index in [0.717, 1.165) is 12.1 Å². The molecule has 1 aliphatic carbocycles. The number of carboxylic acid groups (broad SMARTS) is 1. The highest BCUT2D eigenvalue weighted by Crippen LogP contribution is 2.42. The Morgan fingerprint density at radius 1 is 1.16 bits per heavy atom. The lowest BCUT2D eigenvalue weighted by Crippen LogP contribution is -2.27. The van der Waals surface area contributed by atoms with Gasteiger partial charge in [0.1, 0.15) is 0 Å². The first-order valence-corrected chi connectivity index (χ1v) is 11.6. The Kier molecular flexibility index (Phi) is 6.67. The molecule has 6 nitrogen and oxygen atoms in total. The van der Waals surface area contributed by atoms with E-state index in [2.05, 4.69) is 4.98 Å². The van der Waals surface area contributed by atoms with Crippen LogP contribution in [-0.4, -0.2) is 41.9 Å². The highest BCUT2D eigenvalue weighted by Gasteiger charge is 2.48. The van der Waals surface area contributed by atoms with E-state index in [1.165, 1.54) is 12.3 Å². The molecule has 1 N–H and O–H groups in total. The van der Waals surface area contributed by atoms with Gasteiger partial charge in [0.15, 0.2) is 9.84 Å². The normalized spacial score (nSPS) is 21.8. The molecule has 1 aromatic heterocycles. The van der Waals surface area contributed by atoms with Crippen molar-refractivity contribution in [1.82, 2.24) is 4.98 Å². The van der Waals surface area contributed by atoms with Crippen molar-refractivity contribution in [3.63, 3.8) is 0 Å². The van der Waals surface area contributed by atoms with Crippen LogP contribution in [0, 0.1) is 12.8 Å². The average molecular weight is 471 g/mol. The van der Waals surface area contributed by atoms with Crippen molar-refractivity contribution in [3.05, 3.63) is 47.8 Å². The average Bonchev–Trinajstić information content (AvgIpc) is 3.11. The Morgan fingerprint density at radius 2 is 1.81 bits per heavy atom. The van der Waals surface area contributed by atoms with Gasteiger partial charge in [-0.3, -0.25) is 9.78 Å². The number of rotatable bonds is 6. The summed E-state index contributed by atoms with van der Waals surface area (Å²) >= 11 is 0. The number of hydrogen-bond donors (Lipinski definition) is 1. The molecule has 3 atom stereocenters. The van der Waals surface area contributed by atoms with Gasteiger partial charge < -0.3 is 9.84 Å². The van der Waals surface area contributed by atoms with E-state index < -0.39 is 49.7 Å². The minimum atomic E-state index is -4.92. The Balaban J connectivity index is 2.05. The molecule has 0 radical (unpaired) electrons. The van der Waals surface area contributed by atoms with E-state index in [4.69, 9.17) is 4.74 Å². The van der Waals surface area contributed by atoms with Crippen molar-refractivity contribution in [1.29, 1.82) is 0 Å². The van der Waals surface area contributed by atoms with E-state index in [9.17, 15) is 31.5 Å². The lowest BCUT2D eigenvalue weighted by molar-refractivity contribution is -0.147. The maximum absolute atomic E-state index is 13.9. The lowest BCUT2D eigenvalue weighted by Gasteiger charge is -2.19. The molecule has 0 spiro atoms. The number of benzene rings is 1. The van der Waals surface area contributed by atoms with Crippen molar-refractivity contribution in [2.24, 2.45) is 5.92 Å². The van der Waals surface area contributed by atoms with Crippen LogP contribution >= 0.6 is 0 Å². The van der Waals surface area contributed by atoms with Crippen LogP contribution in [0.4, 0.5) is 13.2 Å². The van der Waals surface area contributed by atoms with Crippen molar-refractivity contribution in [2.45, 2.75) is 62.1 Å². The quantitative estimate of drug-likeness (QED) is 0.667. The third-order valence-electron chi connectivity index (χ3n) is 5.49. The SMILES string of the molecule is Cc1cc(-c2ccc(S(=O)(=O)[C@@H]3C[C@H](OC(C)C)[C@@H](C(=O)O)C3)c(C(F)(F)F)c2)ccn1. The Hall–Kier alpha value is -2.46. The Labute approximate surface area is 184 Å². The van der Waals surface area contributed by atoms with Gasteiger partial charge in [0.05, 0.1) is 33.8 Å². The van der Waals surface area contributed by atoms with E-state index >= 15 is 0 Å². The topological polar surface area (TPSA) is 93.6 Å². The first-order chi connectivity index (χ1) is 14.8. The highest BCUT2D eigenvalue weighted by atomic mass is 32.2. The third-order valence-corrected chi connectivity index (χ3v) is 7.72. The summed E-state index contributed by atoms with van der Waals surface area (Å²) in [7, 11) is -4.47. The molecule has 0 saturated heterocycles. The number of pyridine rings is 1. The standard InChI is InChI=1S/C22H24F3NO5S/c1-12(2)31-19-11-16(10-17(19)21(27)28)32(29,30)20-5-4-14(9-18(20)22(23,24)25)15-6-7-26-13(3)8-15/h4-9,12,16-17,19H,10-11H2,1-3H3,(H,27,28)/t16-,17-,19-/m0/s1. The second kappa shape index (κ2) is 8.82. The molecule has 0 bridgehead atoms. The molecule has 0 aliphatic heterocycles. The molecule has 174 valence electrons. The van der Waals surface area contributed by atoms with Gasteiger partial charge in [-0.15, -0.1) is 0 Å². The summed E-state index contributed by atoms with van der Waals surface area (Å²) in [6.45, 7) is 5.06. The highest BCUT2D eigenvalue weighted by molar-refractivity contribution is 7.92. The van der Waals surface area contributed by atoms with Crippen LogP contribution in [0.3, 0.4) is 0 Å². The van der Waals surface area contributed by atoms with Crippen LogP contribution in [0.15, 0.2) is 41.4 Å². The van der Waals surface area contributed by atoms with Crippen molar-refractivity contribution in [2.75, 3.05) is 0 Å². The van der Waals surface area contributed by atoms with Gasteiger partial charge in [0, 0.05) is 11.9 Å². The molecule has 2 aromatic rings. The van der Waals surface area contributed by atoms with E-state index in [0.29, 0.717) is 11.3 Å². The minimum absolute atomic E-state index is 0.180. The fourth-order valence-electron chi connectivity index (χ4n) is 4.05. The van der Waals surface area contributed by atoms with Crippen LogP contribution < -0.4 is 0 Å². The smallest absolute Gasteiger partial charge is 0.417 e. The number of aromatic nitrogens is 1. The molecule has 0 unspecified atom stereocenters. The minimum Gasteiger partial charge on any atom is -0.481 e. The molecule has 32 heavy (non-hydrogen) atoms. The second-order valence-electron chi connectivity index (χ2n) is 8.20. The summed E-state index contributed by atoms with van der Waals surface area (Å²) in [6.07, 6.45) is -5.18. The maximum Gasteiger partial charge on any atom is 0.417 e. The van der Waals surface area contributed by atoms with Crippen LogP contribution in [0.5, 0.6) is 0 Å². The molecule has 1 saturated carbocycles. The number of hydrogen-bond acceptors (Lipinski definition) is 5. The van der Waals surface area contributed by atoms with Gasteiger partial charge in [0.2, 0.25) is 0 Å². The predicted molar refractivity (Wildman–Crippen MR) is 111 cm³/mol. The van der Waals surface area contributed by atoms with Crippen LogP contribution in [0.1, 0.15) is 37.9 Å². The zero-order valence-electron chi connectivity index (χ0n) is 17.8. The fourth-order valence-corrected chi connectivity index (χ4v) is 6.05. The van der Waals surface area contributed by atoms with Gasteiger partial charge in [-0.05, 0) is 69.0 Å². The summed E-state index contributed by atoms with van der Waals surface area (Å²) in [5.74, 6) is -2.33. The summed E-state index contributed by atoms with van der Waals surface area (Å²) in [4.78, 5) is 14.8. The van der Waals surface area contributed by atoms with Crippen LogP contribution in [0.2, 0.25) is 0 Å². The molecule has 10 heteroatoms. The van der Waals surface area contributed by atoms with Gasteiger partial charge in [-0.1, -0.05) is 6.07 Å². The fraction of sp³-hybridized carbons (Fsp3) is 0.455. The number of nitrogens with zero attached hydrogens (tertiary/aromatic N) is 1. The molecule has 1 heterocycles. The van der Waals surface area contributed by atoms with Crippen LogP contribution in [0.25, 0.3) is 11.1 Å². The molecule has 1 fully saturated rings.